The molecule has 0 saturated heterocycles. The molecule has 1 aromatic carbocycles. The normalized spacial score (nSPS) is 11.0. The number of ether oxygens (including phenoxy) is 1. The van der Waals surface area contributed by atoms with Crippen LogP contribution in [0.4, 0.5) is 5.95 Å². The highest BCUT2D eigenvalue weighted by Gasteiger charge is 2.13. The highest BCUT2D eigenvalue weighted by Crippen LogP contribution is 2.20. The maximum atomic E-state index is 12.3. The van der Waals surface area contributed by atoms with Crippen LogP contribution in [-0.2, 0) is 0 Å². The van der Waals surface area contributed by atoms with Gasteiger partial charge in [-0.1, -0.05) is 30.0 Å². The van der Waals surface area contributed by atoms with Gasteiger partial charge in [0, 0.05) is 10.4 Å². The lowest BCUT2D eigenvalue weighted by molar-refractivity contribution is 0.102. The topological polar surface area (TPSA) is 107 Å². The van der Waals surface area contributed by atoms with Crippen molar-refractivity contribution in [3.05, 3.63) is 52.2 Å². The fraction of sp³-hybridized carbons (Fsp3) is 0.125. The molecular weight excluding hydrogens is 372 g/mol. The summed E-state index contributed by atoms with van der Waals surface area (Å²) in [5.41, 5.74) is 3.30. The van der Waals surface area contributed by atoms with Crippen LogP contribution in [0.2, 0.25) is 0 Å². The van der Waals surface area contributed by atoms with Crippen LogP contribution in [0.1, 0.15) is 15.2 Å². The van der Waals surface area contributed by atoms with Crippen molar-refractivity contribution in [1.82, 2.24) is 14.9 Å². The molecular formula is C16H16N6O2S2. The first-order valence-electron chi connectivity index (χ1n) is 7.50. The summed E-state index contributed by atoms with van der Waals surface area (Å²) in [5, 5.41) is 14.3. The molecule has 0 saturated carbocycles. The number of benzene rings is 1. The molecule has 8 nitrogen and oxygen atoms in total. The zero-order valence-corrected chi connectivity index (χ0v) is 15.5. The molecule has 3 rings (SSSR count). The number of carbonyl (C=O) groups excluding carboxylic acids is 1. The monoisotopic (exact) mass is 388 g/mol. The first-order valence-corrected chi connectivity index (χ1v) is 9.37. The molecule has 0 aliphatic rings. The number of anilines is 1. The number of thioether (sulfide) groups is 1. The molecule has 0 fully saturated rings. The van der Waals surface area contributed by atoms with Crippen molar-refractivity contribution in [2.45, 2.75) is 5.16 Å². The van der Waals surface area contributed by atoms with Gasteiger partial charge in [-0.25, -0.2) is 10.1 Å². The molecule has 134 valence electrons. The molecule has 3 aromatic rings. The number of rotatable bonds is 8. The fourth-order valence-electron chi connectivity index (χ4n) is 1.98. The van der Waals surface area contributed by atoms with E-state index in [0.717, 1.165) is 4.88 Å². The Hall–Kier alpha value is -2.85. The molecule has 0 radical (unpaired) electrons. The van der Waals surface area contributed by atoms with Crippen LogP contribution in [-0.4, -0.2) is 39.7 Å². The Morgan fingerprint density at radius 2 is 2.31 bits per heavy atom. The predicted molar refractivity (Wildman–Crippen MR) is 104 cm³/mol. The number of thiophene rings is 1. The van der Waals surface area contributed by atoms with Crippen LogP contribution < -0.4 is 16.0 Å². The van der Waals surface area contributed by atoms with Crippen molar-refractivity contribution in [3.8, 4) is 5.75 Å². The van der Waals surface area contributed by atoms with E-state index in [0.29, 0.717) is 16.5 Å². The molecule has 0 amide bonds. The van der Waals surface area contributed by atoms with E-state index >= 15 is 0 Å². The van der Waals surface area contributed by atoms with E-state index in [9.17, 15) is 4.79 Å². The van der Waals surface area contributed by atoms with Crippen molar-refractivity contribution in [3.63, 3.8) is 0 Å². The van der Waals surface area contributed by atoms with E-state index in [4.69, 9.17) is 10.6 Å². The van der Waals surface area contributed by atoms with E-state index in [2.05, 4.69) is 20.7 Å². The van der Waals surface area contributed by atoms with Crippen molar-refractivity contribution >= 4 is 41.0 Å². The second-order valence-electron chi connectivity index (χ2n) is 5.01. The van der Waals surface area contributed by atoms with Crippen LogP contribution in [0, 0.1) is 0 Å². The van der Waals surface area contributed by atoms with E-state index < -0.39 is 0 Å². The van der Waals surface area contributed by atoms with Crippen molar-refractivity contribution < 1.29 is 9.53 Å². The lowest BCUT2D eigenvalue weighted by atomic mass is 10.1. The average Bonchev–Trinajstić information content (AvgIpc) is 3.30. The van der Waals surface area contributed by atoms with Gasteiger partial charge in [-0.3, -0.25) is 4.79 Å². The van der Waals surface area contributed by atoms with Crippen LogP contribution in [0.15, 0.2) is 52.0 Å². The molecule has 0 aliphatic carbocycles. The molecule has 3 N–H and O–H groups in total. The van der Waals surface area contributed by atoms with Gasteiger partial charge in [0.2, 0.25) is 5.16 Å². The zero-order valence-electron chi connectivity index (χ0n) is 13.8. The standard InChI is InChI=1S/C16H16N6O2S2/c1-24-12-5-2-4-11(8-12)14(23)10-26-16-21-20-15(22(16)17)19-18-9-13-6-3-7-25-13/h2-9H,10,17H2,1H3,(H,19,20)/b18-9+. The minimum absolute atomic E-state index is 0.0536. The summed E-state index contributed by atoms with van der Waals surface area (Å²) in [6.07, 6.45) is 1.67. The number of Topliss-reactive ketones (excluding diaryl/α,β-unsaturated/α-hetero) is 1. The van der Waals surface area contributed by atoms with Gasteiger partial charge in [-0.15, -0.1) is 21.5 Å². The largest absolute Gasteiger partial charge is 0.497 e. The predicted octanol–water partition coefficient (Wildman–Crippen LogP) is 2.48. The Morgan fingerprint density at radius 3 is 3.08 bits per heavy atom. The summed E-state index contributed by atoms with van der Waals surface area (Å²) < 4.78 is 6.39. The Bertz CT molecular complexity index is 907. The van der Waals surface area contributed by atoms with E-state index in [-0.39, 0.29) is 17.5 Å². The van der Waals surface area contributed by atoms with Gasteiger partial charge in [-0.05, 0) is 23.6 Å². The van der Waals surface area contributed by atoms with Gasteiger partial charge >= 0.3 is 0 Å². The number of hydrogen-bond acceptors (Lipinski definition) is 9. The van der Waals surface area contributed by atoms with E-state index in [1.807, 2.05) is 17.5 Å². The maximum absolute atomic E-state index is 12.3. The molecule has 0 spiro atoms. The number of nitrogen functional groups attached to an aromatic ring is 1. The summed E-state index contributed by atoms with van der Waals surface area (Å²) in [6, 6.07) is 10.9. The average molecular weight is 388 g/mol. The molecule has 2 heterocycles. The molecule has 0 bridgehead atoms. The smallest absolute Gasteiger partial charge is 0.264 e. The summed E-state index contributed by atoms with van der Waals surface area (Å²) in [4.78, 5) is 13.3. The highest BCUT2D eigenvalue weighted by molar-refractivity contribution is 7.99. The third-order valence-electron chi connectivity index (χ3n) is 3.29. The maximum Gasteiger partial charge on any atom is 0.264 e. The van der Waals surface area contributed by atoms with Crippen molar-refractivity contribution in [2.75, 3.05) is 24.1 Å². The number of nitrogens with zero attached hydrogens (tertiary/aromatic N) is 4. The number of methoxy groups -OCH3 is 1. The van der Waals surface area contributed by atoms with Gasteiger partial charge in [0.15, 0.2) is 5.78 Å². The minimum atomic E-state index is -0.0536. The molecule has 26 heavy (non-hydrogen) atoms. The zero-order chi connectivity index (χ0) is 18.4. The summed E-state index contributed by atoms with van der Waals surface area (Å²) in [6.45, 7) is 0. The third-order valence-corrected chi connectivity index (χ3v) is 5.04. The number of carbonyl (C=O) groups is 1. The molecule has 0 unspecified atom stereocenters. The van der Waals surface area contributed by atoms with E-state index in [1.54, 1.807) is 48.9 Å². The number of ketones is 1. The van der Waals surface area contributed by atoms with Gasteiger partial charge in [0.25, 0.3) is 5.95 Å². The molecule has 10 heteroatoms. The van der Waals surface area contributed by atoms with Crippen LogP contribution in [0.25, 0.3) is 0 Å². The first kappa shape index (κ1) is 18.0. The second-order valence-corrected chi connectivity index (χ2v) is 6.93. The van der Waals surface area contributed by atoms with Crippen LogP contribution in [0.5, 0.6) is 5.75 Å². The number of hydrogen-bond donors (Lipinski definition) is 2. The SMILES string of the molecule is COc1cccc(C(=O)CSc2nnc(N/N=C/c3cccs3)n2N)c1. The second kappa shape index (κ2) is 8.50. The number of nitrogens with one attached hydrogen (secondary N) is 1. The number of nitrogens with two attached hydrogens (primary N) is 1. The Labute approximate surface area is 158 Å². The van der Waals surface area contributed by atoms with Gasteiger partial charge in [0.05, 0.1) is 19.1 Å². The molecule has 0 aliphatic heterocycles. The summed E-state index contributed by atoms with van der Waals surface area (Å²) in [7, 11) is 1.56. The lowest BCUT2D eigenvalue weighted by Gasteiger charge is -2.04. The van der Waals surface area contributed by atoms with Gasteiger partial charge in [-0.2, -0.15) is 5.10 Å². The van der Waals surface area contributed by atoms with Crippen molar-refractivity contribution in [1.29, 1.82) is 0 Å². The quantitative estimate of drug-likeness (QED) is 0.201. The van der Waals surface area contributed by atoms with Crippen LogP contribution >= 0.6 is 23.1 Å². The molecule has 0 atom stereocenters. The number of aromatic nitrogens is 3. The Morgan fingerprint density at radius 1 is 1.42 bits per heavy atom. The van der Waals surface area contributed by atoms with Crippen LogP contribution in [0.3, 0.4) is 0 Å². The van der Waals surface area contributed by atoms with Crippen molar-refractivity contribution in [2.24, 2.45) is 5.10 Å². The third kappa shape index (κ3) is 4.41. The van der Waals surface area contributed by atoms with Gasteiger partial charge < -0.3 is 10.6 Å². The lowest BCUT2D eigenvalue weighted by Crippen LogP contribution is -2.14. The summed E-state index contributed by atoms with van der Waals surface area (Å²) >= 11 is 2.77. The highest BCUT2D eigenvalue weighted by atomic mass is 32.2. The number of hydrazone groups is 1. The summed E-state index contributed by atoms with van der Waals surface area (Å²) in [5.74, 6) is 6.99. The van der Waals surface area contributed by atoms with E-state index in [1.165, 1.54) is 16.4 Å². The first-order chi connectivity index (χ1) is 12.7. The molecule has 2 aromatic heterocycles. The Balaban J connectivity index is 1.58. The fourth-order valence-corrected chi connectivity index (χ4v) is 3.32. The minimum Gasteiger partial charge on any atom is -0.497 e. The Kier molecular flexibility index (Phi) is 5.87. The van der Waals surface area contributed by atoms with Gasteiger partial charge in [0.1, 0.15) is 5.75 Å².